The van der Waals surface area contributed by atoms with Crippen LogP contribution in [0.1, 0.15) is 11.9 Å². The number of carbonyl (C=O) groups excluding carboxylic acids is 2. The summed E-state index contributed by atoms with van der Waals surface area (Å²) in [4.78, 5) is 32.5. The zero-order valence-electron chi connectivity index (χ0n) is 16.1. The summed E-state index contributed by atoms with van der Waals surface area (Å²) in [7, 11) is 0. The molecule has 0 spiro atoms. The minimum absolute atomic E-state index is 0.0690. The Morgan fingerprint density at radius 3 is 2.57 bits per heavy atom. The Morgan fingerprint density at radius 1 is 1.14 bits per heavy atom. The molecule has 1 aliphatic rings. The van der Waals surface area contributed by atoms with Crippen LogP contribution in [0.5, 0.6) is 0 Å². The third-order valence-electron chi connectivity index (χ3n) is 4.55. The van der Waals surface area contributed by atoms with Crippen molar-refractivity contribution in [2.45, 2.75) is 13.5 Å². The standard InChI is InChI=1S/C20H26N4O3S/c1-2-27-20(26)12-21-18(25)13-23-8-10-24(11-9-23)14-19-22-17(15-28-19)16-6-4-3-5-7-16/h3-7,15H,2,8-14H2,1H3,(H,21,25). The molecular formula is C20H26N4O3S. The fraction of sp³-hybridized carbons (Fsp3) is 0.450. The molecule has 1 amide bonds. The first-order chi connectivity index (χ1) is 13.6. The van der Waals surface area contributed by atoms with E-state index in [2.05, 4.69) is 32.6 Å². The number of piperazine rings is 1. The molecule has 1 saturated heterocycles. The first-order valence-electron chi connectivity index (χ1n) is 9.51. The molecule has 2 aromatic rings. The minimum atomic E-state index is -0.404. The van der Waals surface area contributed by atoms with Crippen molar-refractivity contribution in [3.05, 3.63) is 40.7 Å². The topological polar surface area (TPSA) is 74.8 Å². The summed E-state index contributed by atoms with van der Waals surface area (Å²) in [6.07, 6.45) is 0. The highest BCUT2D eigenvalue weighted by molar-refractivity contribution is 7.09. The largest absolute Gasteiger partial charge is 0.465 e. The van der Waals surface area contributed by atoms with Gasteiger partial charge in [-0.15, -0.1) is 11.3 Å². The van der Waals surface area contributed by atoms with Crippen molar-refractivity contribution in [3.63, 3.8) is 0 Å². The molecule has 0 unspecified atom stereocenters. The minimum Gasteiger partial charge on any atom is -0.465 e. The number of hydrogen-bond donors (Lipinski definition) is 1. The number of hydrogen-bond acceptors (Lipinski definition) is 7. The van der Waals surface area contributed by atoms with Crippen LogP contribution in [0.25, 0.3) is 11.3 Å². The first-order valence-corrected chi connectivity index (χ1v) is 10.4. The van der Waals surface area contributed by atoms with Crippen molar-refractivity contribution in [2.75, 3.05) is 45.9 Å². The molecule has 3 rings (SSSR count). The highest BCUT2D eigenvalue weighted by atomic mass is 32.1. The summed E-state index contributed by atoms with van der Waals surface area (Å²) >= 11 is 1.69. The predicted octanol–water partition coefficient (Wildman–Crippen LogP) is 1.61. The Hall–Kier alpha value is -2.29. The lowest BCUT2D eigenvalue weighted by atomic mass is 10.2. The van der Waals surface area contributed by atoms with Crippen LogP contribution in [-0.4, -0.2) is 72.5 Å². The number of amides is 1. The number of nitrogens with zero attached hydrogens (tertiary/aromatic N) is 3. The van der Waals surface area contributed by atoms with Crippen molar-refractivity contribution in [1.82, 2.24) is 20.1 Å². The molecule has 1 aromatic carbocycles. The van der Waals surface area contributed by atoms with E-state index in [9.17, 15) is 9.59 Å². The van der Waals surface area contributed by atoms with Crippen LogP contribution < -0.4 is 5.32 Å². The highest BCUT2D eigenvalue weighted by Gasteiger charge is 2.20. The smallest absolute Gasteiger partial charge is 0.325 e. The molecule has 1 fully saturated rings. The van der Waals surface area contributed by atoms with E-state index in [4.69, 9.17) is 9.72 Å². The fourth-order valence-electron chi connectivity index (χ4n) is 3.06. The number of nitrogens with one attached hydrogen (secondary N) is 1. The Kier molecular flexibility index (Phi) is 7.53. The number of carbonyl (C=O) groups is 2. The molecule has 7 nitrogen and oxygen atoms in total. The zero-order chi connectivity index (χ0) is 19.8. The van der Waals surface area contributed by atoms with Gasteiger partial charge in [0.15, 0.2) is 0 Å². The number of esters is 1. The second-order valence-electron chi connectivity index (χ2n) is 6.63. The molecule has 0 atom stereocenters. The predicted molar refractivity (Wildman–Crippen MR) is 109 cm³/mol. The fourth-order valence-corrected chi connectivity index (χ4v) is 3.91. The highest BCUT2D eigenvalue weighted by Crippen LogP contribution is 2.22. The van der Waals surface area contributed by atoms with Gasteiger partial charge >= 0.3 is 5.97 Å². The monoisotopic (exact) mass is 402 g/mol. The van der Waals surface area contributed by atoms with Gasteiger partial charge in [0.05, 0.1) is 25.4 Å². The maximum absolute atomic E-state index is 11.9. The molecule has 0 saturated carbocycles. The van der Waals surface area contributed by atoms with E-state index in [0.29, 0.717) is 13.2 Å². The molecule has 1 aliphatic heterocycles. The SMILES string of the molecule is CCOC(=O)CNC(=O)CN1CCN(Cc2nc(-c3ccccc3)cs2)CC1. The van der Waals surface area contributed by atoms with Gasteiger partial charge < -0.3 is 10.1 Å². The third kappa shape index (κ3) is 6.12. The van der Waals surface area contributed by atoms with Gasteiger partial charge in [-0.3, -0.25) is 19.4 Å². The van der Waals surface area contributed by atoms with Gasteiger partial charge in [-0.2, -0.15) is 0 Å². The van der Waals surface area contributed by atoms with Gasteiger partial charge in [0.2, 0.25) is 5.91 Å². The Bertz CT molecular complexity index is 773. The van der Waals surface area contributed by atoms with Gasteiger partial charge in [-0.05, 0) is 6.92 Å². The summed E-state index contributed by atoms with van der Waals surface area (Å²) in [5, 5.41) is 5.82. The number of thiazole rings is 1. The summed E-state index contributed by atoms with van der Waals surface area (Å²) in [6, 6.07) is 10.2. The van der Waals surface area contributed by atoms with E-state index < -0.39 is 5.97 Å². The Balaban J connectivity index is 1.39. The van der Waals surface area contributed by atoms with E-state index in [1.54, 1.807) is 18.3 Å². The molecule has 1 aromatic heterocycles. The molecule has 150 valence electrons. The molecule has 0 aliphatic carbocycles. The quantitative estimate of drug-likeness (QED) is 0.676. The van der Waals surface area contributed by atoms with Crippen molar-refractivity contribution in [2.24, 2.45) is 0 Å². The van der Waals surface area contributed by atoms with E-state index in [0.717, 1.165) is 49.0 Å². The summed E-state index contributed by atoms with van der Waals surface area (Å²) in [6.45, 7) is 6.57. The first kappa shape index (κ1) is 20.4. The average molecular weight is 403 g/mol. The van der Waals surface area contributed by atoms with Crippen LogP contribution >= 0.6 is 11.3 Å². The molecule has 1 N–H and O–H groups in total. The van der Waals surface area contributed by atoms with Crippen LogP contribution in [0.3, 0.4) is 0 Å². The molecule has 28 heavy (non-hydrogen) atoms. The van der Waals surface area contributed by atoms with Crippen LogP contribution in [0.2, 0.25) is 0 Å². The summed E-state index contributed by atoms with van der Waals surface area (Å²) in [5.41, 5.74) is 2.17. The average Bonchev–Trinajstić information content (AvgIpc) is 3.17. The molecule has 0 radical (unpaired) electrons. The zero-order valence-corrected chi connectivity index (χ0v) is 16.9. The van der Waals surface area contributed by atoms with Crippen LogP contribution in [0.15, 0.2) is 35.7 Å². The lowest BCUT2D eigenvalue weighted by Crippen LogP contribution is -2.49. The van der Waals surface area contributed by atoms with Crippen LogP contribution in [0, 0.1) is 0 Å². The van der Waals surface area contributed by atoms with Crippen molar-refractivity contribution in [3.8, 4) is 11.3 Å². The normalized spacial score (nSPS) is 15.3. The maximum Gasteiger partial charge on any atom is 0.325 e. The molecular weight excluding hydrogens is 376 g/mol. The van der Waals surface area contributed by atoms with Crippen molar-refractivity contribution >= 4 is 23.2 Å². The van der Waals surface area contributed by atoms with Gasteiger partial charge in [0.1, 0.15) is 11.6 Å². The maximum atomic E-state index is 11.9. The second kappa shape index (κ2) is 10.3. The van der Waals surface area contributed by atoms with Gasteiger partial charge in [-0.1, -0.05) is 30.3 Å². The van der Waals surface area contributed by atoms with Gasteiger partial charge in [-0.25, -0.2) is 4.98 Å². The second-order valence-corrected chi connectivity index (χ2v) is 7.57. The van der Waals surface area contributed by atoms with E-state index in [1.165, 1.54) is 0 Å². The van der Waals surface area contributed by atoms with Gasteiger partial charge in [0, 0.05) is 37.1 Å². The van der Waals surface area contributed by atoms with Gasteiger partial charge in [0.25, 0.3) is 0 Å². The van der Waals surface area contributed by atoms with Crippen molar-refractivity contribution < 1.29 is 14.3 Å². The Morgan fingerprint density at radius 2 is 1.86 bits per heavy atom. The Labute approximate surface area is 169 Å². The summed E-state index contributed by atoms with van der Waals surface area (Å²) in [5.74, 6) is -0.548. The van der Waals surface area contributed by atoms with E-state index in [-0.39, 0.29) is 12.5 Å². The summed E-state index contributed by atoms with van der Waals surface area (Å²) < 4.78 is 4.80. The van der Waals surface area contributed by atoms with E-state index in [1.807, 2.05) is 18.2 Å². The lowest BCUT2D eigenvalue weighted by Gasteiger charge is -2.33. The molecule has 8 heteroatoms. The van der Waals surface area contributed by atoms with E-state index >= 15 is 0 Å². The lowest BCUT2D eigenvalue weighted by molar-refractivity contribution is -0.143. The molecule has 0 bridgehead atoms. The number of aromatic nitrogens is 1. The van der Waals surface area contributed by atoms with Crippen molar-refractivity contribution in [1.29, 1.82) is 0 Å². The van der Waals surface area contributed by atoms with Crippen LogP contribution in [-0.2, 0) is 20.9 Å². The number of rotatable bonds is 8. The number of benzene rings is 1. The molecule has 2 heterocycles. The van der Waals surface area contributed by atoms with Crippen LogP contribution in [0.4, 0.5) is 0 Å². The third-order valence-corrected chi connectivity index (χ3v) is 5.38. The number of ether oxygens (including phenoxy) is 1.